The quantitative estimate of drug-likeness (QED) is 0.205. The molecule has 0 aliphatic heterocycles. The zero-order valence-corrected chi connectivity index (χ0v) is 22.9. The lowest BCUT2D eigenvalue weighted by atomic mass is 9.84. The third-order valence-corrected chi connectivity index (χ3v) is 7.16. The Morgan fingerprint density at radius 3 is 2.32 bits per heavy atom. The van der Waals surface area contributed by atoms with Gasteiger partial charge in [0.1, 0.15) is 6.61 Å². The van der Waals surface area contributed by atoms with Crippen LogP contribution in [0.25, 0.3) is 0 Å². The van der Waals surface area contributed by atoms with Gasteiger partial charge >= 0.3 is 5.97 Å². The Morgan fingerprint density at radius 2 is 1.68 bits per heavy atom. The average Bonchev–Trinajstić information content (AvgIpc) is 2.92. The number of hydrogen-bond donors (Lipinski definition) is 3. The summed E-state index contributed by atoms with van der Waals surface area (Å²) in [4.78, 5) is 38.7. The maximum Gasteiger partial charge on any atom is 0.309 e. The van der Waals surface area contributed by atoms with Crippen LogP contribution in [-0.4, -0.2) is 48.2 Å². The van der Waals surface area contributed by atoms with Gasteiger partial charge in [-0.1, -0.05) is 74.6 Å². The van der Waals surface area contributed by atoms with Crippen molar-refractivity contribution in [2.24, 2.45) is 17.8 Å². The van der Waals surface area contributed by atoms with Crippen LogP contribution in [0.2, 0.25) is 0 Å². The van der Waals surface area contributed by atoms with Crippen molar-refractivity contribution in [1.29, 1.82) is 0 Å². The van der Waals surface area contributed by atoms with E-state index in [9.17, 15) is 19.5 Å². The largest absolute Gasteiger partial charge is 0.463 e. The van der Waals surface area contributed by atoms with Crippen LogP contribution in [0.4, 0.5) is 0 Å². The molecule has 1 fully saturated rings. The fraction of sp³-hybridized carbons (Fsp3) is 0.581. The molecule has 0 radical (unpaired) electrons. The molecule has 2 amide bonds. The topological polar surface area (TPSA) is 105 Å². The van der Waals surface area contributed by atoms with Gasteiger partial charge in [-0.05, 0) is 44.1 Å². The SMILES string of the molecule is C=CCC(CC(=O)NC(C)CO)C(=O)NC(COC(=O)C(CC=C)Cc1ccccc1)CC1CCCCC1. The van der Waals surface area contributed by atoms with E-state index in [0.29, 0.717) is 25.2 Å². The zero-order chi connectivity index (χ0) is 27.8. The first-order valence-electron chi connectivity index (χ1n) is 14.0. The Morgan fingerprint density at radius 1 is 1.03 bits per heavy atom. The Hall–Kier alpha value is -2.93. The van der Waals surface area contributed by atoms with E-state index < -0.39 is 5.92 Å². The Bertz CT molecular complexity index is 882. The molecule has 0 saturated heterocycles. The van der Waals surface area contributed by atoms with Gasteiger partial charge in [-0.2, -0.15) is 0 Å². The number of carbonyl (C=O) groups is 3. The Balaban J connectivity index is 2.05. The van der Waals surface area contributed by atoms with Crippen LogP contribution in [0.3, 0.4) is 0 Å². The van der Waals surface area contributed by atoms with Crippen LogP contribution in [0.1, 0.15) is 70.3 Å². The second kappa shape index (κ2) is 17.6. The summed E-state index contributed by atoms with van der Waals surface area (Å²) >= 11 is 0. The molecule has 1 saturated carbocycles. The molecule has 1 aliphatic carbocycles. The molecule has 2 rings (SSSR count). The highest BCUT2D eigenvalue weighted by Gasteiger charge is 2.28. The lowest BCUT2D eigenvalue weighted by Gasteiger charge is -2.28. The highest BCUT2D eigenvalue weighted by atomic mass is 16.5. The summed E-state index contributed by atoms with van der Waals surface area (Å²) in [5, 5.41) is 15.0. The average molecular weight is 527 g/mol. The van der Waals surface area contributed by atoms with Gasteiger partial charge < -0.3 is 20.5 Å². The molecule has 4 atom stereocenters. The van der Waals surface area contributed by atoms with Crippen molar-refractivity contribution in [3.8, 4) is 0 Å². The number of ether oxygens (including phenoxy) is 1. The van der Waals surface area contributed by atoms with E-state index in [0.717, 1.165) is 24.8 Å². The van der Waals surface area contributed by atoms with Gasteiger partial charge in [0.15, 0.2) is 0 Å². The molecule has 38 heavy (non-hydrogen) atoms. The molecule has 7 nitrogen and oxygen atoms in total. The van der Waals surface area contributed by atoms with Gasteiger partial charge in [-0.3, -0.25) is 14.4 Å². The van der Waals surface area contributed by atoms with Crippen LogP contribution in [-0.2, 0) is 25.5 Å². The van der Waals surface area contributed by atoms with Gasteiger partial charge in [0.25, 0.3) is 0 Å². The number of carbonyl (C=O) groups excluding carboxylic acids is 3. The molecular formula is C31H46N2O5. The van der Waals surface area contributed by atoms with Crippen molar-refractivity contribution in [2.45, 2.75) is 83.2 Å². The van der Waals surface area contributed by atoms with Crippen molar-refractivity contribution in [1.82, 2.24) is 10.6 Å². The number of nitrogens with one attached hydrogen (secondary N) is 2. The van der Waals surface area contributed by atoms with E-state index in [-0.39, 0.29) is 55.4 Å². The van der Waals surface area contributed by atoms with E-state index in [1.807, 2.05) is 30.3 Å². The molecule has 210 valence electrons. The molecule has 0 aromatic heterocycles. The van der Waals surface area contributed by atoms with Crippen LogP contribution in [0, 0.1) is 17.8 Å². The number of rotatable bonds is 17. The van der Waals surface area contributed by atoms with Crippen molar-refractivity contribution < 1.29 is 24.2 Å². The predicted molar refractivity (Wildman–Crippen MR) is 150 cm³/mol. The highest BCUT2D eigenvalue weighted by Crippen LogP contribution is 2.28. The van der Waals surface area contributed by atoms with E-state index in [2.05, 4.69) is 23.8 Å². The molecule has 1 aliphatic rings. The summed E-state index contributed by atoms with van der Waals surface area (Å²) in [6, 6.07) is 9.12. The number of hydrogen-bond acceptors (Lipinski definition) is 5. The summed E-state index contributed by atoms with van der Waals surface area (Å²) in [5.41, 5.74) is 1.06. The van der Waals surface area contributed by atoms with Crippen LogP contribution in [0.5, 0.6) is 0 Å². The van der Waals surface area contributed by atoms with Crippen molar-refractivity contribution in [3.05, 3.63) is 61.2 Å². The number of esters is 1. The lowest BCUT2D eigenvalue weighted by molar-refractivity contribution is -0.150. The molecule has 3 N–H and O–H groups in total. The summed E-state index contributed by atoms with van der Waals surface area (Å²) in [5.74, 6) is -1.30. The van der Waals surface area contributed by atoms with Gasteiger partial charge in [0.2, 0.25) is 11.8 Å². The standard InChI is InChI=1S/C31H46N2O5/c1-4-12-26(20-29(35)32-23(3)21-34)30(36)33-28(19-25-16-10-7-11-17-25)22-38-31(37)27(13-5-2)18-24-14-8-6-9-15-24/h4-6,8-9,14-15,23,25-28,34H,1-2,7,10-13,16-22H2,3H3,(H,32,35)(H,33,36). The lowest BCUT2D eigenvalue weighted by Crippen LogP contribution is -2.45. The van der Waals surface area contributed by atoms with E-state index in [1.54, 1.807) is 19.1 Å². The second-order valence-electron chi connectivity index (χ2n) is 10.6. The number of allylic oxidation sites excluding steroid dienone is 2. The van der Waals surface area contributed by atoms with E-state index >= 15 is 0 Å². The first kappa shape index (κ1) is 31.3. The zero-order valence-electron chi connectivity index (χ0n) is 22.9. The number of amides is 2. The minimum Gasteiger partial charge on any atom is -0.463 e. The Labute approximate surface area is 228 Å². The summed E-state index contributed by atoms with van der Waals surface area (Å²) < 4.78 is 5.79. The Kier molecular flexibility index (Phi) is 14.5. The summed E-state index contributed by atoms with van der Waals surface area (Å²) in [6.07, 6.45) is 11.3. The van der Waals surface area contributed by atoms with Gasteiger partial charge in [-0.25, -0.2) is 0 Å². The third-order valence-electron chi connectivity index (χ3n) is 7.16. The third kappa shape index (κ3) is 11.6. The van der Waals surface area contributed by atoms with Gasteiger partial charge in [-0.15, -0.1) is 13.2 Å². The van der Waals surface area contributed by atoms with Crippen molar-refractivity contribution >= 4 is 17.8 Å². The van der Waals surface area contributed by atoms with Gasteiger partial charge in [0, 0.05) is 12.5 Å². The predicted octanol–water partition coefficient (Wildman–Crippen LogP) is 4.50. The fourth-order valence-electron chi connectivity index (χ4n) is 5.06. The van der Waals surface area contributed by atoms with Crippen LogP contribution >= 0.6 is 0 Å². The maximum absolute atomic E-state index is 13.3. The molecule has 7 heteroatoms. The van der Waals surface area contributed by atoms with Crippen LogP contribution in [0.15, 0.2) is 55.6 Å². The highest BCUT2D eigenvalue weighted by molar-refractivity contribution is 5.86. The normalized spacial score (nSPS) is 16.9. The van der Waals surface area contributed by atoms with Crippen molar-refractivity contribution in [2.75, 3.05) is 13.2 Å². The van der Waals surface area contributed by atoms with E-state index in [1.165, 1.54) is 19.3 Å². The summed E-state index contributed by atoms with van der Waals surface area (Å²) in [6.45, 7) is 9.17. The minimum absolute atomic E-state index is 0.00336. The molecule has 1 aromatic carbocycles. The maximum atomic E-state index is 13.3. The number of benzene rings is 1. The second-order valence-corrected chi connectivity index (χ2v) is 10.6. The van der Waals surface area contributed by atoms with E-state index in [4.69, 9.17) is 4.74 Å². The van der Waals surface area contributed by atoms with Crippen LogP contribution < -0.4 is 10.6 Å². The molecule has 1 aromatic rings. The summed E-state index contributed by atoms with van der Waals surface area (Å²) in [7, 11) is 0. The first-order valence-corrected chi connectivity index (χ1v) is 14.0. The molecule has 0 heterocycles. The molecule has 0 spiro atoms. The number of aliphatic hydroxyl groups excluding tert-OH is 1. The fourth-order valence-corrected chi connectivity index (χ4v) is 5.06. The van der Waals surface area contributed by atoms with Gasteiger partial charge in [0.05, 0.1) is 24.5 Å². The first-order chi connectivity index (χ1) is 18.4. The molecule has 4 unspecified atom stereocenters. The van der Waals surface area contributed by atoms with Crippen molar-refractivity contribution in [3.63, 3.8) is 0 Å². The molecule has 0 bridgehead atoms. The monoisotopic (exact) mass is 526 g/mol. The number of aliphatic hydroxyl groups is 1. The smallest absolute Gasteiger partial charge is 0.309 e. The molecular weight excluding hydrogens is 480 g/mol. The minimum atomic E-state index is -0.588.